The first-order valence-electron chi connectivity index (χ1n) is 31.3. The van der Waals surface area contributed by atoms with E-state index in [0.29, 0.717) is 19.4 Å². The van der Waals surface area contributed by atoms with E-state index in [9.17, 15) is 19.8 Å². The summed E-state index contributed by atoms with van der Waals surface area (Å²) in [6.45, 7) is 4.89. The summed E-state index contributed by atoms with van der Waals surface area (Å²) in [7, 11) is 0. The van der Waals surface area contributed by atoms with E-state index in [1.54, 1.807) is 6.08 Å². The number of carbonyl (C=O) groups excluding carboxylic acids is 2. The van der Waals surface area contributed by atoms with E-state index in [4.69, 9.17) is 4.74 Å². The number of aliphatic hydroxyl groups excluding tert-OH is 2. The van der Waals surface area contributed by atoms with E-state index in [2.05, 4.69) is 43.5 Å². The van der Waals surface area contributed by atoms with Crippen molar-refractivity contribution in [2.24, 2.45) is 0 Å². The molecule has 0 aromatic rings. The Morgan fingerprint density at radius 1 is 0.386 bits per heavy atom. The van der Waals surface area contributed by atoms with Crippen molar-refractivity contribution in [1.82, 2.24) is 5.32 Å². The molecule has 0 bridgehead atoms. The molecule has 0 aliphatic rings. The van der Waals surface area contributed by atoms with Gasteiger partial charge >= 0.3 is 5.97 Å². The number of aliphatic hydroxyl groups is 2. The average molecular weight is 985 g/mol. The van der Waals surface area contributed by atoms with Crippen molar-refractivity contribution in [3.8, 4) is 0 Å². The Balaban J connectivity index is 3.38. The molecule has 0 aliphatic carbocycles. The zero-order valence-electron chi connectivity index (χ0n) is 47.0. The van der Waals surface area contributed by atoms with Crippen LogP contribution in [-0.4, -0.2) is 47.4 Å². The molecule has 0 fully saturated rings. The molecule has 0 aromatic heterocycles. The minimum atomic E-state index is -0.845. The molecule has 2 atom stereocenters. The van der Waals surface area contributed by atoms with Crippen molar-refractivity contribution >= 4 is 11.9 Å². The van der Waals surface area contributed by atoms with Gasteiger partial charge in [-0.15, -0.1) is 0 Å². The number of carbonyl (C=O) groups is 2. The molecule has 0 aromatic carbocycles. The summed E-state index contributed by atoms with van der Waals surface area (Å²) >= 11 is 0. The summed E-state index contributed by atoms with van der Waals surface area (Å²) in [4.78, 5) is 24.5. The Bertz CT molecular complexity index is 1130. The highest BCUT2D eigenvalue weighted by atomic mass is 16.5. The van der Waals surface area contributed by atoms with Crippen LogP contribution < -0.4 is 5.32 Å². The van der Waals surface area contributed by atoms with Gasteiger partial charge in [0.1, 0.15) is 0 Å². The first kappa shape index (κ1) is 68.1. The third-order valence-electron chi connectivity index (χ3n) is 14.4. The second-order valence-electron chi connectivity index (χ2n) is 21.4. The minimum Gasteiger partial charge on any atom is -0.466 e. The molecule has 0 radical (unpaired) electrons. The van der Waals surface area contributed by atoms with E-state index in [0.717, 1.165) is 44.9 Å². The summed E-state index contributed by atoms with van der Waals surface area (Å²) in [5.41, 5.74) is 0. The normalized spacial score (nSPS) is 12.8. The molecule has 6 heteroatoms. The molecule has 2 unspecified atom stereocenters. The maximum atomic E-state index is 12.4. The van der Waals surface area contributed by atoms with E-state index in [-0.39, 0.29) is 18.5 Å². The lowest BCUT2D eigenvalue weighted by molar-refractivity contribution is -0.143. The van der Waals surface area contributed by atoms with Gasteiger partial charge in [0.15, 0.2) is 0 Å². The SMILES string of the molecule is CCCCCCCC/C=C\CCCCCCCCCCCC(=O)OCCCCCCCCCCCCCC/C=C\CCCCCCCCCCC(=O)NC(CO)C(O)/C=C/CCCCCCCCCC. The number of rotatable bonds is 58. The van der Waals surface area contributed by atoms with Gasteiger partial charge in [0, 0.05) is 12.8 Å². The zero-order chi connectivity index (χ0) is 50.7. The average Bonchev–Trinajstić information content (AvgIpc) is 3.36. The maximum Gasteiger partial charge on any atom is 0.305 e. The molecule has 0 aliphatic heterocycles. The van der Waals surface area contributed by atoms with Crippen molar-refractivity contribution in [1.29, 1.82) is 0 Å². The van der Waals surface area contributed by atoms with Crippen LogP contribution >= 0.6 is 0 Å². The van der Waals surface area contributed by atoms with Crippen molar-refractivity contribution in [2.75, 3.05) is 13.2 Å². The maximum absolute atomic E-state index is 12.4. The van der Waals surface area contributed by atoms with E-state index >= 15 is 0 Å². The van der Waals surface area contributed by atoms with Gasteiger partial charge in [-0.1, -0.05) is 275 Å². The lowest BCUT2D eigenvalue weighted by atomic mass is 10.0. The van der Waals surface area contributed by atoms with Crippen LogP contribution in [0, 0.1) is 0 Å². The smallest absolute Gasteiger partial charge is 0.305 e. The van der Waals surface area contributed by atoms with E-state index < -0.39 is 12.1 Å². The van der Waals surface area contributed by atoms with Gasteiger partial charge in [-0.3, -0.25) is 9.59 Å². The second kappa shape index (κ2) is 59.6. The highest BCUT2D eigenvalue weighted by Gasteiger charge is 2.18. The largest absolute Gasteiger partial charge is 0.466 e. The monoisotopic (exact) mass is 984 g/mol. The van der Waals surface area contributed by atoms with Gasteiger partial charge in [0.25, 0.3) is 0 Å². The number of hydrogen-bond acceptors (Lipinski definition) is 5. The van der Waals surface area contributed by atoms with Gasteiger partial charge in [-0.2, -0.15) is 0 Å². The van der Waals surface area contributed by atoms with Crippen LogP contribution in [0.3, 0.4) is 0 Å². The van der Waals surface area contributed by atoms with Crippen molar-refractivity contribution in [3.05, 3.63) is 36.5 Å². The Kier molecular flexibility index (Phi) is 58.0. The Hall–Kier alpha value is -1.92. The van der Waals surface area contributed by atoms with Crippen molar-refractivity contribution in [2.45, 2.75) is 347 Å². The standard InChI is InChI=1S/C64H121NO5/c1-3-5-7-9-11-13-15-16-17-18-25-29-32-35-38-42-46-50-54-58-64(69)70-59-55-51-47-43-39-36-33-30-27-24-22-20-19-21-23-26-28-31-34-37-41-45-49-53-57-63(68)65-61(60-66)62(67)56-52-48-44-40-14-12-10-8-6-4-2/h16-17,21,23,52,56,61-62,66-67H,3-15,18-20,22,24-51,53-55,57-60H2,1-2H3,(H,65,68)/b17-16-,23-21-,56-52+. The predicted octanol–water partition coefficient (Wildman–Crippen LogP) is 19.6. The lowest BCUT2D eigenvalue weighted by Crippen LogP contribution is -2.45. The molecular formula is C64H121NO5. The molecule has 1 amide bonds. The Morgan fingerprint density at radius 2 is 0.671 bits per heavy atom. The van der Waals surface area contributed by atoms with Gasteiger partial charge < -0.3 is 20.3 Å². The number of hydrogen-bond donors (Lipinski definition) is 3. The number of ether oxygens (including phenoxy) is 1. The van der Waals surface area contributed by atoms with Gasteiger partial charge in [0.2, 0.25) is 5.91 Å². The molecule has 0 heterocycles. The zero-order valence-corrected chi connectivity index (χ0v) is 47.0. The van der Waals surface area contributed by atoms with Crippen LogP contribution in [0.2, 0.25) is 0 Å². The number of unbranched alkanes of at least 4 members (excludes halogenated alkanes) is 43. The second-order valence-corrected chi connectivity index (χ2v) is 21.4. The van der Waals surface area contributed by atoms with Crippen molar-refractivity contribution in [3.63, 3.8) is 0 Å². The highest BCUT2D eigenvalue weighted by Crippen LogP contribution is 2.17. The fourth-order valence-corrected chi connectivity index (χ4v) is 9.57. The van der Waals surface area contributed by atoms with Crippen LogP contribution in [0.1, 0.15) is 335 Å². The number of amides is 1. The first-order valence-corrected chi connectivity index (χ1v) is 31.3. The third kappa shape index (κ3) is 55.4. The number of nitrogens with one attached hydrogen (secondary N) is 1. The summed E-state index contributed by atoms with van der Waals surface area (Å²) in [5, 5.41) is 23.0. The molecule has 70 heavy (non-hydrogen) atoms. The number of esters is 1. The quantitative estimate of drug-likeness (QED) is 0.0321. The minimum absolute atomic E-state index is 0.0115. The van der Waals surface area contributed by atoms with Crippen LogP contribution in [-0.2, 0) is 14.3 Å². The van der Waals surface area contributed by atoms with E-state index in [1.807, 2.05) is 6.08 Å². The molecule has 3 N–H and O–H groups in total. The van der Waals surface area contributed by atoms with Gasteiger partial charge in [-0.05, 0) is 83.5 Å². The third-order valence-corrected chi connectivity index (χ3v) is 14.4. The van der Waals surface area contributed by atoms with Crippen LogP contribution in [0.4, 0.5) is 0 Å². The predicted molar refractivity (Wildman–Crippen MR) is 306 cm³/mol. The summed E-state index contributed by atoms with van der Waals surface area (Å²) < 4.78 is 5.50. The number of allylic oxidation sites excluding steroid dienone is 5. The van der Waals surface area contributed by atoms with Gasteiger partial charge in [-0.25, -0.2) is 0 Å². The van der Waals surface area contributed by atoms with Crippen LogP contribution in [0.15, 0.2) is 36.5 Å². The Morgan fingerprint density at radius 3 is 1.01 bits per heavy atom. The molecule has 0 saturated heterocycles. The van der Waals surface area contributed by atoms with Crippen LogP contribution in [0.25, 0.3) is 0 Å². The van der Waals surface area contributed by atoms with E-state index in [1.165, 1.54) is 263 Å². The lowest BCUT2D eigenvalue weighted by Gasteiger charge is -2.20. The molecule has 0 saturated carbocycles. The topological polar surface area (TPSA) is 95.9 Å². The van der Waals surface area contributed by atoms with Crippen LogP contribution in [0.5, 0.6) is 0 Å². The molecule has 0 rings (SSSR count). The van der Waals surface area contributed by atoms with Crippen molar-refractivity contribution < 1.29 is 24.5 Å². The molecule has 0 spiro atoms. The fourth-order valence-electron chi connectivity index (χ4n) is 9.57. The van der Waals surface area contributed by atoms with Gasteiger partial charge in [0.05, 0.1) is 25.4 Å². The first-order chi connectivity index (χ1) is 34.5. The highest BCUT2D eigenvalue weighted by molar-refractivity contribution is 5.76. The molecular weight excluding hydrogens is 863 g/mol. The summed E-state index contributed by atoms with van der Waals surface area (Å²) in [5.74, 6) is -0.0626. The Labute approximate surface area is 436 Å². The summed E-state index contributed by atoms with van der Waals surface area (Å²) in [6, 6.07) is -0.629. The summed E-state index contributed by atoms with van der Waals surface area (Å²) in [6.07, 6.45) is 74.8. The molecule has 6 nitrogen and oxygen atoms in total. The fraction of sp³-hybridized carbons (Fsp3) is 0.875. The molecule has 412 valence electrons.